The fourth-order valence-electron chi connectivity index (χ4n) is 2.87. The number of anilines is 1. The highest BCUT2D eigenvalue weighted by Crippen LogP contribution is 2.23. The number of benzene rings is 1. The highest BCUT2D eigenvalue weighted by Gasteiger charge is 2.20. The van der Waals surface area contributed by atoms with Crippen LogP contribution in [-0.4, -0.2) is 53.1 Å². The van der Waals surface area contributed by atoms with Crippen LogP contribution in [0.25, 0.3) is 4.96 Å². The molecule has 0 saturated carbocycles. The number of morpholine rings is 1. The van der Waals surface area contributed by atoms with Crippen LogP contribution in [0.4, 0.5) is 5.13 Å². The van der Waals surface area contributed by atoms with E-state index in [1.165, 1.54) is 21.9 Å². The lowest BCUT2D eigenvalue weighted by atomic mass is 10.2. The first-order chi connectivity index (χ1) is 13.6. The van der Waals surface area contributed by atoms with Gasteiger partial charge in [-0.05, 0) is 24.0 Å². The Bertz CT molecular complexity index is 1040. The summed E-state index contributed by atoms with van der Waals surface area (Å²) >= 11 is 2.96. The second kappa shape index (κ2) is 8.29. The highest BCUT2D eigenvalue weighted by molar-refractivity contribution is 7.98. The normalized spacial score (nSPS) is 14.4. The molecule has 0 radical (unpaired) electrons. The molecule has 0 bridgehead atoms. The maximum Gasteiger partial charge on any atom is 0.274 e. The molecular weight excluding hydrogens is 398 g/mol. The van der Waals surface area contributed by atoms with Crippen LogP contribution in [0.3, 0.4) is 0 Å². The van der Waals surface area contributed by atoms with Crippen molar-refractivity contribution in [1.29, 1.82) is 0 Å². The van der Waals surface area contributed by atoms with Gasteiger partial charge in [-0.15, -0.1) is 16.9 Å². The summed E-state index contributed by atoms with van der Waals surface area (Å²) < 4.78 is 6.81. The average molecular weight is 418 g/mol. The maximum atomic E-state index is 12.7. The van der Waals surface area contributed by atoms with Crippen molar-refractivity contribution >= 4 is 39.1 Å². The number of rotatable bonds is 5. The van der Waals surface area contributed by atoms with Crippen molar-refractivity contribution < 1.29 is 9.53 Å². The van der Waals surface area contributed by atoms with Gasteiger partial charge in [-0.25, -0.2) is 0 Å². The third-order valence-electron chi connectivity index (χ3n) is 4.37. The van der Waals surface area contributed by atoms with Gasteiger partial charge in [-0.3, -0.25) is 9.59 Å². The van der Waals surface area contributed by atoms with E-state index in [0.29, 0.717) is 24.7 Å². The quantitative estimate of drug-likeness (QED) is 0.631. The van der Waals surface area contributed by atoms with Gasteiger partial charge in [0.25, 0.3) is 11.5 Å². The molecule has 4 rings (SSSR count). The Kier molecular flexibility index (Phi) is 5.60. The molecule has 1 aliphatic heterocycles. The Morgan fingerprint density at radius 3 is 2.75 bits per heavy atom. The van der Waals surface area contributed by atoms with Crippen molar-refractivity contribution in [1.82, 2.24) is 19.9 Å². The van der Waals surface area contributed by atoms with Crippen LogP contribution < -0.4 is 15.8 Å². The Hall–Kier alpha value is -2.43. The van der Waals surface area contributed by atoms with Gasteiger partial charge in [0.05, 0.1) is 13.2 Å². The number of hydrogen-bond donors (Lipinski definition) is 1. The van der Waals surface area contributed by atoms with Crippen LogP contribution in [0.2, 0.25) is 0 Å². The van der Waals surface area contributed by atoms with E-state index in [1.807, 2.05) is 30.5 Å². The number of nitrogens with one attached hydrogen (secondary N) is 1. The Morgan fingerprint density at radius 1 is 1.29 bits per heavy atom. The number of carbonyl (C=O) groups excluding carboxylic acids is 1. The van der Waals surface area contributed by atoms with Gasteiger partial charge >= 0.3 is 0 Å². The van der Waals surface area contributed by atoms with E-state index in [2.05, 4.69) is 20.3 Å². The zero-order valence-corrected chi connectivity index (χ0v) is 16.9. The number of hydrogen-bond acceptors (Lipinski definition) is 8. The molecule has 10 heteroatoms. The Labute approximate surface area is 169 Å². The molecule has 1 fully saturated rings. The summed E-state index contributed by atoms with van der Waals surface area (Å²) in [4.78, 5) is 32.3. The number of amides is 1. The molecule has 28 heavy (non-hydrogen) atoms. The molecule has 8 nitrogen and oxygen atoms in total. The number of thioether (sulfide) groups is 1. The van der Waals surface area contributed by atoms with Gasteiger partial charge in [0.15, 0.2) is 0 Å². The first-order valence-electron chi connectivity index (χ1n) is 8.79. The first kappa shape index (κ1) is 18.9. The van der Waals surface area contributed by atoms with E-state index in [4.69, 9.17) is 4.74 Å². The van der Waals surface area contributed by atoms with Gasteiger partial charge in [0.1, 0.15) is 5.69 Å². The smallest absolute Gasteiger partial charge is 0.274 e. The minimum absolute atomic E-state index is 0.187. The summed E-state index contributed by atoms with van der Waals surface area (Å²) in [5, 5.41) is 8.10. The van der Waals surface area contributed by atoms with Crippen molar-refractivity contribution in [3.8, 4) is 0 Å². The largest absolute Gasteiger partial charge is 0.378 e. The molecule has 0 unspecified atom stereocenters. The summed E-state index contributed by atoms with van der Waals surface area (Å²) in [5.74, 6) is -0.359. The topological polar surface area (TPSA) is 88.8 Å². The van der Waals surface area contributed by atoms with Crippen LogP contribution in [0.1, 0.15) is 16.1 Å². The van der Waals surface area contributed by atoms with E-state index in [9.17, 15) is 9.59 Å². The van der Waals surface area contributed by atoms with Crippen molar-refractivity contribution in [2.75, 3.05) is 37.5 Å². The minimum Gasteiger partial charge on any atom is -0.378 e. The first-order valence-corrected chi connectivity index (χ1v) is 10.8. The zero-order chi connectivity index (χ0) is 19.5. The van der Waals surface area contributed by atoms with Crippen molar-refractivity contribution in [2.24, 2.45) is 0 Å². The summed E-state index contributed by atoms with van der Waals surface area (Å²) in [5.41, 5.74) is 0.717. The average Bonchev–Trinajstić information content (AvgIpc) is 3.16. The number of aromatic nitrogens is 3. The van der Waals surface area contributed by atoms with E-state index in [-0.39, 0.29) is 11.6 Å². The SMILES string of the molecule is CSc1ccc(CNC(=O)c2cc(=O)nc3sc(N4CCOCC4)nn23)cc1. The standard InChI is InChI=1S/C18H19N5O3S2/c1-27-13-4-2-12(3-5-13)11-19-16(25)14-10-15(24)20-17-23(14)21-18(28-17)22-6-8-26-9-7-22/h2-5,10H,6-9,11H2,1H3,(H,19,25). The molecule has 1 saturated heterocycles. The Balaban J connectivity index is 1.56. The maximum absolute atomic E-state index is 12.7. The predicted octanol–water partition coefficient (Wildman–Crippen LogP) is 1.64. The molecule has 2 aromatic heterocycles. The Morgan fingerprint density at radius 2 is 2.04 bits per heavy atom. The molecule has 1 N–H and O–H groups in total. The van der Waals surface area contributed by atoms with Gasteiger partial charge in [0.2, 0.25) is 10.1 Å². The summed E-state index contributed by atoms with van der Waals surface area (Å²) in [6, 6.07) is 9.19. The molecule has 3 aromatic rings. The monoisotopic (exact) mass is 417 g/mol. The second-order valence-corrected chi connectivity index (χ2v) is 8.00. The van der Waals surface area contributed by atoms with Crippen molar-refractivity contribution in [2.45, 2.75) is 11.4 Å². The minimum atomic E-state index is -0.452. The van der Waals surface area contributed by atoms with E-state index < -0.39 is 5.56 Å². The lowest BCUT2D eigenvalue weighted by Gasteiger charge is -2.25. The molecular formula is C18H19N5O3S2. The van der Waals surface area contributed by atoms with E-state index >= 15 is 0 Å². The second-order valence-electron chi connectivity index (χ2n) is 6.19. The lowest BCUT2D eigenvalue weighted by Crippen LogP contribution is -2.36. The summed E-state index contributed by atoms with van der Waals surface area (Å²) in [6.45, 7) is 3.07. The molecule has 0 atom stereocenters. The molecule has 146 valence electrons. The van der Waals surface area contributed by atoms with Crippen LogP contribution in [0, 0.1) is 0 Å². The summed E-state index contributed by atoms with van der Waals surface area (Å²) in [6.07, 6.45) is 2.02. The van der Waals surface area contributed by atoms with Gasteiger partial charge < -0.3 is 15.0 Å². The third-order valence-corrected chi connectivity index (χ3v) is 6.08. The third kappa shape index (κ3) is 4.03. The lowest BCUT2D eigenvalue weighted by molar-refractivity contribution is 0.0943. The number of fused-ring (bicyclic) bond motifs is 1. The molecule has 1 aromatic carbocycles. The van der Waals surface area contributed by atoms with E-state index in [1.54, 1.807) is 11.8 Å². The van der Waals surface area contributed by atoms with Crippen molar-refractivity contribution in [3.05, 3.63) is 51.9 Å². The van der Waals surface area contributed by atoms with Crippen molar-refractivity contribution in [3.63, 3.8) is 0 Å². The fourth-order valence-corrected chi connectivity index (χ4v) is 4.23. The van der Waals surface area contributed by atoms with Gasteiger partial charge in [0, 0.05) is 30.6 Å². The van der Waals surface area contributed by atoms with Crippen LogP contribution in [0.15, 0.2) is 40.0 Å². The van der Waals surface area contributed by atoms with Crippen LogP contribution in [-0.2, 0) is 11.3 Å². The predicted molar refractivity (Wildman–Crippen MR) is 110 cm³/mol. The van der Waals surface area contributed by atoms with Crippen LogP contribution in [0.5, 0.6) is 0 Å². The molecule has 1 aliphatic rings. The molecule has 0 spiro atoms. The number of ether oxygens (including phenoxy) is 1. The fraction of sp³-hybridized carbons (Fsp3) is 0.333. The molecule has 3 heterocycles. The van der Waals surface area contributed by atoms with Crippen LogP contribution >= 0.6 is 23.1 Å². The van der Waals surface area contributed by atoms with Gasteiger partial charge in [-0.2, -0.15) is 9.50 Å². The molecule has 0 aliphatic carbocycles. The summed E-state index contributed by atoms with van der Waals surface area (Å²) in [7, 11) is 0. The highest BCUT2D eigenvalue weighted by atomic mass is 32.2. The molecule has 1 amide bonds. The number of carbonyl (C=O) groups is 1. The zero-order valence-electron chi connectivity index (χ0n) is 15.3. The van der Waals surface area contributed by atoms with E-state index in [0.717, 1.165) is 28.7 Å². The number of nitrogens with zero attached hydrogens (tertiary/aromatic N) is 4. The van der Waals surface area contributed by atoms with Gasteiger partial charge in [-0.1, -0.05) is 23.5 Å².